The van der Waals surface area contributed by atoms with E-state index < -0.39 is 0 Å². The van der Waals surface area contributed by atoms with Crippen LogP contribution in [0, 0.1) is 0 Å². The molecule has 1 aromatic heterocycles. The molecule has 0 N–H and O–H groups in total. The predicted molar refractivity (Wildman–Crippen MR) is 160 cm³/mol. The maximum Gasteiger partial charge on any atom is 0.164 e. The fraction of sp³-hybridized carbons (Fsp3) is 0.139. The highest BCUT2D eigenvalue weighted by molar-refractivity contribution is 6.01. The van der Waals surface area contributed by atoms with Crippen LogP contribution in [0.2, 0.25) is 0 Å². The lowest BCUT2D eigenvalue weighted by Crippen LogP contribution is -2.23. The number of hydrogen-bond acceptors (Lipinski definition) is 3. The Kier molecular flexibility index (Phi) is 5.59. The molecule has 7 rings (SSSR count). The molecule has 0 unspecified atom stereocenters. The smallest absolute Gasteiger partial charge is 0.164 e. The van der Waals surface area contributed by atoms with Gasteiger partial charge >= 0.3 is 0 Å². The molecule has 1 heterocycles. The molecule has 0 spiro atoms. The van der Waals surface area contributed by atoms with Gasteiger partial charge < -0.3 is 0 Å². The standard InChI is InChI=1S/C36H29N3/c1-3-36(4-2)30-21-13-20-29(31(30)28-23-22-24-14-11-12-19-27(24)32(28)36)35-38-33(25-15-7-5-8-16-25)37-34(39-35)26-17-9-6-10-18-26/h5-23H,3-4H2,1-2H3. The van der Waals surface area contributed by atoms with E-state index in [1.54, 1.807) is 0 Å². The van der Waals surface area contributed by atoms with E-state index in [1.807, 2.05) is 36.4 Å². The number of fused-ring (bicyclic) bond motifs is 5. The first-order chi connectivity index (χ1) is 19.2. The Labute approximate surface area is 229 Å². The lowest BCUT2D eigenvalue weighted by molar-refractivity contribution is 0.494. The molecule has 0 bridgehead atoms. The highest BCUT2D eigenvalue weighted by Gasteiger charge is 2.43. The molecule has 0 amide bonds. The van der Waals surface area contributed by atoms with Crippen molar-refractivity contribution in [1.29, 1.82) is 0 Å². The molecule has 0 saturated heterocycles. The Morgan fingerprint density at radius 1 is 0.513 bits per heavy atom. The Balaban J connectivity index is 1.54. The van der Waals surface area contributed by atoms with E-state index in [4.69, 9.17) is 15.0 Å². The van der Waals surface area contributed by atoms with Gasteiger partial charge in [-0.25, -0.2) is 15.0 Å². The number of hydrogen-bond donors (Lipinski definition) is 0. The number of benzene rings is 5. The van der Waals surface area contributed by atoms with Crippen LogP contribution in [0.4, 0.5) is 0 Å². The summed E-state index contributed by atoms with van der Waals surface area (Å²) in [5, 5.41) is 2.63. The lowest BCUT2D eigenvalue weighted by Gasteiger charge is -2.30. The van der Waals surface area contributed by atoms with Crippen molar-refractivity contribution >= 4 is 10.8 Å². The van der Waals surface area contributed by atoms with Crippen molar-refractivity contribution in [2.75, 3.05) is 0 Å². The molecule has 3 nitrogen and oxygen atoms in total. The molecule has 0 saturated carbocycles. The largest absolute Gasteiger partial charge is 0.208 e. The highest BCUT2D eigenvalue weighted by Crippen LogP contribution is 2.57. The molecular weight excluding hydrogens is 474 g/mol. The number of aromatic nitrogens is 3. The summed E-state index contributed by atoms with van der Waals surface area (Å²) in [6.45, 7) is 4.64. The lowest BCUT2D eigenvalue weighted by atomic mass is 9.72. The van der Waals surface area contributed by atoms with Crippen LogP contribution < -0.4 is 0 Å². The number of rotatable bonds is 5. The van der Waals surface area contributed by atoms with E-state index in [2.05, 4.69) is 92.7 Å². The van der Waals surface area contributed by atoms with Crippen LogP contribution in [0.15, 0.2) is 115 Å². The summed E-state index contributed by atoms with van der Waals surface area (Å²) in [4.78, 5) is 15.1. The maximum absolute atomic E-state index is 5.09. The molecular formula is C36H29N3. The van der Waals surface area contributed by atoms with E-state index in [-0.39, 0.29) is 5.41 Å². The molecule has 188 valence electrons. The maximum atomic E-state index is 5.09. The van der Waals surface area contributed by atoms with Gasteiger partial charge in [0.2, 0.25) is 0 Å². The third-order valence-electron chi connectivity index (χ3n) is 8.40. The molecule has 39 heavy (non-hydrogen) atoms. The minimum Gasteiger partial charge on any atom is -0.208 e. The number of nitrogens with zero attached hydrogens (tertiary/aromatic N) is 3. The zero-order chi connectivity index (χ0) is 26.4. The minimum absolute atomic E-state index is 0.0565. The molecule has 0 atom stereocenters. The van der Waals surface area contributed by atoms with E-state index in [9.17, 15) is 0 Å². The summed E-state index contributed by atoms with van der Waals surface area (Å²) in [7, 11) is 0. The highest BCUT2D eigenvalue weighted by atomic mass is 15.0. The monoisotopic (exact) mass is 503 g/mol. The topological polar surface area (TPSA) is 38.7 Å². The van der Waals surface area contributed by atoms with Crippen molar-refractivity contribution < 1.29 is 0 Å². The first-order valence-corrected chi connectivity index (χ1v) is 13.8. The molecule has 5 aromatic carbocycles. The summed E-state index contributed by atoms with van der Waals surface area (Å²) in [5.41, 5.74) is 8.33. The molecule has 1 aliphatic rings. The molecule has 6 aromatic rings. The molecule has 0 aliphatic heterocycles. The summed E-state index contributed by atoms with van der Waals surface area (Å²) >= 11 is 0. The Morgan fingerprint density at radius 2 is 1.10 bits per heavy atom. The van der Waals surface area contributed by atoms with Crippen LogP contribution in [0.3, 0.4) is 0 Å². The van der Waals surface area contributed by atoms with Gasteiger partial charge in [-0.2, -0.15) is 0 Å². The summed E-state index contributed by atoms with van der Waals surface area (Å²) in [6.07, 6.45) is 2.06. The zero-order valence-corrected chi connectivity index (χ0v) is 22.2. The Morgan fingerprint density at radius 3 is 1.74 bits per heavy atom. The van der Waals surface area contributed by atoms with Gasteiger partial charge in [-0.05, 0) is 45.9 Å². The third-order valence-corrected chi connectivity index (χ3v) is 8.40. The molecule has 0 fully saturated rings. The first kappa shape index (κ1) is 23.5. The second kappa shape index (κ2) is 9.28. The van der Waals surface area contributed by atoms with Gasteiger partial charge in [0.1, 0.15) is 0 Å². The fourth-order valence-corrected chi connectivity index (χ4v) is 6.47. The summed E-state index contributed by atoms with van der Waals surface area (Å²) in [6, 6.07) is 40.4. The average Bonchev–Trinajstić information content (AvgIpc) is 3.32. The normalized spacial score (nSPS) is 13.3. The van der Waals surface area contributed by atoms with Crippen LogP contribution in [0.5, 0.6) is 0 Å². The van der Waals surface area contributed by atoms with Crippen LogP contribution in [0.1, 0.15) is 37.8 Å². The van der Waals surface area contributed by atoms with Gasteiger partial charge in [-0.15, -0.1) is 0 Å². The van der Waals surface area contributed by atoms with E-state index in [0.717, 1.165) is 29.5 Å². The van der Waals surface area contributed by atoms with E-state index >= 15 is 0 Å². The fourth-order valence-electron chi connectivity index (χ4n) is 6.47. The van der Waals surface area contributed by atoms with Gasteiger partial charge in [0, 0.05) is 22.1 Å². The van der Waals surface area contributed by atoms with Gasteiger partial charge in [0.25, 0.3) is 0 Å². The van der Waals surface area contributed by atoms with Crippen LogP contribution >= 0.6 is 0 Å². The van der Waals surface area contributed by atoms with Gasteiger partial charge in [0.05, 0.1) is 0 Å². The van der Waals surface area contributed by atoms with Gasteiger partial charge in [-0.1, -0.05) is 129 Å². The Hall–Kier alpha value is -4.63. The summed E-state index contributed by atoms with van der Waals surface area (Å²) < 4.78 is 0. The van der Waals surface area contributed by atoms with Crippen LogP contribution in [0.25, 0.3) is 56.1 Å². The van der Waals surface area contributed by atoms with Gasteiger partial charge in [0.15, 0.2) is 17.5 Å². The zero-order valence-electron chi connectivity index (χ0n) is 22.2. The predicted octanol–water partition coefficient (Wildman–Crippen LogP) is 9.11. The second-order valence-electron chi connectivity index (χ2n) is 10.3. The minimum atomic E-state index is -0.0565. The van der Waals surface area contributed by atoms with Crippen molar-refractivity contribution in [3.8, 4) is 45.3 Å². The molecule has 1 aliphatic carbocycles. The first-order valence-electron chi connectivity index (χ1n) is 13.8. The van der Waals surface area contributed by atoms with Crippen LogP contribution in [-0.2, 0) is 5.41 Å². The van der Waals surface area contributed by atoms with Crippen molar-refractivity contribution in [1.82, 2.24) is 15.0 Å². The third kappa shape index (κ3) is 3.61. The van der Waals surface area contributed by atoms with Crippen molar-refractivity contribution in [3.05, 3.63) is 126 Å². The quantitative estimate of drug-likeness (QED) is 0.235. The SMILES string of the molecule is CCC1(CC)c2cccc(-c3nc(-c4ccccc4)nc(-c4ccccc4)n3)c2-c2ccc3ccccc3c21. The van der Waals surface area contributed by atoms with E-state index in [0.29, 0.717) is 17.5 Å². The van der Waals surface area contributed by atoms with Crippen molar-refractivity contribution in [2.24, 2.45) is 0 Å². The average molecular weight is 504 g/mol. The van der Waals surface area contributed by atoms with Gasteiger partial charge in [-0.3, -0.25) is 0 Å². The summed E-state index contributed by atoms with van der Waals surface area (Å²) in [5.74, 6) is 2.08. The Bertz CT molecular complexity index is 1760. The van der Waals surface area contributed by atoms with E-state index in [1.165, 1.54) is 33.0 Å². The van der Waals surface area contributed by atoms with Crippen LogP contribution in [-0.4, -0.2) is 15.0 Å². The van der Waals surface area contributed by atoms with Crippen molar-refractivity contribution in [2.45, 2.75) is 32.1 Å². The van der Waals surface area contributed by atoms with Crippen molar-refractivity contribution in [3.63, 3.8) is 0 Å². The molecule has 3 heteroatoms. The molecule has 0 radical (unpaired) electrons. The second-order valence-corrected chi connectivity index (χ2v) is 10.3.